The van der Waals surface area contributed by atoms with Crippen LogP contribution in [0.15, 0.2) is 23.2 Å². The van der Waals surface area contributed by atoms with Gasteiger partial charge in [0.25, 0.3) is 0 Å². The highest BCUT2D eigenvalue weighted by molar-refractivity contribution is 14.0. The number of benzene rings is 1. The van der Waals surface area contributed by atoms with E-state index in [1.165, 1.54) is 12.1 Å². The van der Waals surface area contributed by atoms with Gasteiger partial charge < -0.3 is 20.3 Å². The normalized spacial score (nSPS) is 16.6. The number of hydrogen-bond donors (Lipinski definition) is 2. The first kappa shape index (κ1) is 25.4. The molecular weight excluding hydrogens is 494 g/mol. The summed E-state index contributed by atoms with van der Waals surface area (Å²) in [6.07, 6.45) is 2.16. The molecule has 160 valence electrons. The summed E-state index contributed by atoms with van der Waals surface area (Å²) in [6.45, 7) is 8.71. The Hall–Kier alpha value is -0.640. The minimum atomic E-state index is -0.318. The number of rotatable bonds is 7. The molecular formula is C20H33ClFIN4O. The van der Waals surface area contributed by atoms with E-state index < -0.39 is 0 Å². The topological polar surface area (TPSA) is 48.9 Å². The number of ether oxygens (including phenoxy) is 1. The quantitative estimate of drug-likeness (QED) is 0.324. The van der Waals surface area contributed by atoms with Gasteiger partial charge in [-0.1, -0.05) is 31.5 Å². The molecule has 2 N–H and O–H groups in total. The van der Waals surface area contributed by atoms with Crippen molar-refractivity contribution in [3.05, 3.63) is 34.6 Å². The van der Waals surface area contributed by atoms with Crippen molar-refractivity contribution in [3.8, 4) is 0 Å². The van der Waals surface area contributed by atoms with Crippen molar-refractivity contribution in [2.45, 2.75) is 38.1 Å². The Labute approximate surface area is 190 Å². The van der Waals surface area contributed by atoms with Crippen LogP contribution in [-0.2, 0) is 10.2 Å². The molecule has 1 aliphatic rings. The maximum atomic E-state index is 13.3. The van der Waals surface area contributed by atoms with E-state index in [0.717, 1.165) is 50.6 Å². The zero-order chi connectivity index (χ0) is 19.9. The second-order valence-electron chi connectivity index (χ2n) is 7.69. The van der Waals surface area contributed by atoms with E-state index in [1.807, 2.05) is 0 Å². The Morgan fingerprint density at radius 1 is 1.36 bits per heavy atom. The fourth-order valence-corrected chi connectivity index (χ4v) is 3.77. The number of nitrogens with zero attached hydrogens (tertiary/aromatic N) is 2. The number of piperidine rings is 1. The molecule has 8 heteroatoms. The van der Waals surface area contributed by atoms with E-state index in [1.54, 1.807) is 20.2 Å². The molecule has 0 radical (unpaired) electrons. The fraction of sp³-hybridized carbons (Fsp3) is 0.650. The molecule has 0 saturated carbocycles. The maximum Gasteiger partial charge on any atom is 0.191 e. The van der Waals surface area contributed by atoms with Gasteiger partial charge in [-0.15, -0.1) is 24.0 Å². The van der Waals surface area contributed by atoms with Crippen LogP contribution in [0.4, 0.5) is 4.39 Å². The van der Waals surface area contributed by atoms with Crippen molar-refractivity contribution in [2.75, 3.05) is 46.9 Å². The van der Waals surface area contributed by atoms with E-state index in [4.69, 9.17) is 16.3 Å². The molecule has 1 aliphatic heterocycles. The van der Waals surface area contributed by atoms with Crippen molar-refractivity contribution in [1.82, 2.24) is 15.5 Å². The molecule has 5 nitrogen and oxygen atoms in total. The molecule has 2 rings (SSSR count). The Morgan fingerprint density at radius 2 is 2.04 bits per heavy atom. The Kier molecular flexibility index (Phi) is 11.0. The SMILES string of the molecule is CN=C(NCC(C)(C)c1ccc(F)cc1Cl)NC1CCN(CCOC)CC1.I. The molecule has 1 fully saturated rings. The summed E-state index contributed by atoms with van der Waals surface area (Å²) >= 11 is 6.24. The van der Waals surface area contributed by atoms with Crippen LogP contribution in [0.2, 0.25) is 5.02 Å². The van der Waals surface area contributed by atoms with Crippen molar-refractivity contribution in [1.29, 1.82) is 0 Å². The summed E-state index contributed by atoms with van der Waals surface area (Å²) in [5, 5.41) is 7.37. The molecule has 0 aromatic heterocycles. The molecule has 0 spiro atoms. The van der Waals surface area contributed by atoms with Gasteiger partial charge >= 0.3 is 0 Å². The van der Waals surface area contributed by atoms with E-state index in [2.05, 4.69) is 34.4 Å². The average Bonchev–Trinajstić information content (AvgIpc) is 2.64. The summed E-state index contributed by atoms with van der Waals surface area (Å²) < 4.78 is 18.5. The summed E-state index contributed by atoms with van der Waals surface area (Å²) in [6, 6.07) is 4.98. The number of halogens is 3. The Bertz CT molecular complexity index is 637. The molecule has 0 atom stereocenters. The molecule has 1 saturated heterocycles. The lowest BCUT2D eigenvalue weighted by Crippen LogP contribution is -2.50. The molecule has 0 bridgehead atoms. The number of nitrogens with one attached hydrogen (secondary N) is 2. The number of methoxy groups -OCH3 is 1. The minimum absolute atomic E-state index is 0. The standard InChI is InChI=1S/C20H32ClFN4O.HI/c1-20(2,17-6-5-15(22)13-18(17)21)14-24-19(23-3)25-16-7-9-26(10-8-16)11-12-27-4;/h5-6,13,16H,7-12,14H2,1-4H3,(H2,23,24,25);1H. The van der Waals surface area contributed by atoms with Gasteiger partial charge in [-0.2, -0.15) is 0 Å². The lowest BCUT2D eigenvalue weighted by atomic mass is 9.84. The van der Waals surface area contributed by atoms with Crippen LogP contribution in [0.1, 0.15) is 32.3 Å². The molecule has 1 heterocycles. The van der Waals surface area contributed by atoms with Gasteiger partial charge in [0.05, 0.1) is 6.61 Å². The van der Waals surface area contributed by atoms with Crippen molar-refractivity contribution < 1.29 is 9.13 Å². The Balaban J connectivity index is 0.00000392. The third kappa shape index (κ3) is 7.65. The first-order chi connectivity index (χ1) is 12.9. The molecule has 1 aromatic carbocycles. The maximum absolute atomic E-state index is 13.3. The van der Waals surface area contributed by atoms with Crippen molar-refractivity contribution in [2.24, 2.45) is 4.99 Å². The lowest BCUT2D eigenvalue weighted by molar-refractivity contribution is 0.128. The van der Waals surface area contributed by atoms with Crippen LogP contribution < -0.4 is 10.6 Å². The van der Waals surface area contributed by atoms with E-state index in [0.29, 0.717) is 17.6 Å². The van der Waals surface area contributed by atoms with Gasteiger partial charge in [0.2, 0.25) is 0 Å². The fourth-order valence-electron chi connectivity index (χ4n) is 3.35. The zero-order valence-corrected chi connectivity index (χ0v) is 20.3. The summed E-state index contributed by atoms with van der Waals surface area (Å²) in [5.41, 5.74) is 0.659. The van der Waals surface area contributed by atoms with Gasteiger partial charge in [-0.25, -0.2) is 4.39 Å². The van der Waals surface area contributed by atoms with Gasteiger partial charge in [0, 0.05) is 56.8 Å². The highest BCUT2D eigenvalue weighted by Crippen LogP contribution is 2.29. The summed E-state index contributed by atoms with van der Waals surface area (Å²) in [5.74, 6) is 0.471. The monoisotopic (exact) mass is 526 g/mol. The smallest absolute Gasteiger partial charge is 0.191 e. The van der Waals surface area contributed by atoms with Crippen LogP contribution in [0, 0.1) is 5.82 Å². The van der Waals surface area contributed by atoms with Crippen LogP contribution >= 0.6 is 35.6 Å². The number of aliphatic imine (C=N–C) groups is 1. The highest BCUT2D eigenvalue weighted by atomic mass is 127. The Morgan fingerprint density at radius 3 is 2.61 bits per heavy atom. The second-order valence-corrected chi connectivity index (χ2v) is 8.09. The van der Waals surface area contributed by atoms with Gasteiger partial charge in [-0.3, -0.25) is 4.99 Å². The minimum Gasteiger partial charge on any atom is -0.383 e. The van der Waals surface area contributed by atoms with Crippen molar-refractivity contribution in [3.63, 3.8) is 0 Å². The average molecular weight is 527 g/mol. The van der Waals surface area contributed by atoms with Crippen LogP contribution in [-0.4, -0.2) is 63.8 Å². The third-order valence-electron chi connectivity index (χ3n) is 5.12. The number of guanidine groups is 1. The number of likely N-dealkylation sites (tertiary alicyclic amines) is 1. The van der Waals surface area contributed by atoms with E-state index >= 15 is 0 Å². The highest BCUT2D eigenvalue weighted by Gasteiger charge is 2.25. The summed E-state index contributed by atoms with van der Waals surface area (Å²) in [7, 11) is 3.52. The van der Waals surface area contributed by atoms with E-state index in [9.17, 15) is 4.39 Å². The van der Waals surface area contributed by atoms with Gasteiger partial charge in [0.1, 0.15) is 5.82 Å². The van der Waals surface area contributed by atoms with E-state index in [-0.39, 0.29) is 35.2 Å². The second kappa shape index (κ2) is 12.1. The van der Waals surface area contributed by atoms with Crippen LogP contribution in [0.3, 0.4) is 0 Å². The largest absolute Gasteiger partial charge is 0.383 e. The summed E-state index contributed by atoms with van der Waals surface area (Å²) in [4.78, 5) is 6.78. The predicted molar refractivity (Wildman–Crippen MR) is 126 cm³/mol. The van der Waals surface area contributed by atoms with Crippen LogP contribution in [0.5, 0.6) is 0 Å². The predicted octanol–water partition coefficient (Wildman–Crippen LogP) is 3.65. The first-order valence-corrected chi connectivity index (χ1v) is 9.87. The molecule has 28 heavy (non-hydrogen) atoms. The third-order valence-corrected chi connectivity index (χ3v) is 5.43. The molecule has 0 aliphatic carbocycles. The van der Waals surface area contributed by atoms with Gasteiger partial charge in [-0.05, 0) is 30.5 Å². The van der Waals surface area contributed by atoms with Gasteiger partial charge in [0.15, 0.2) is 5.96 Å². The number of hydrogen-bond acceptors (Lipinski definition) is 3. The zero-order valence-electron chi connectivity index (χ0n) is 17.2. The molecule has 0 amide bonds. The van der Waals surface area contributed by atoms with Crippen molar-refractivity contribution >= 4 is 41.5 Å². The molecule has 0 unspecified atom stereocenters. The van der Waals surface area contributed by atoms with Crippen LogP contribution in [0.25, 0.3) is 0 Å². The molecule has 1 aromatic rings. The lowest BCUT2D eigenvalue weighted by Gasteiger charge is -2.33. The first-order valence-electron chi connectivity index (χ1n) is 9.49.